The zero-order valence-electron chi connectivity index (χ0n) is 11.4. The van der Waals surface area contributed by atoms with Gasteiger partial charge in [0.1, 0.15) is 5.82 Å². The van der Waals surface area contributed by atoms with E-state index in [1.54, 1.807) is 0 Å². The van der Waals surface area contributed by atoms with Crippen molar-refractivity contribution in [2.24, 2.45) is 11.7 Å². The fourth-order valence-electron chi connectivity index (χ4n) is 2.72. The highest BCUT2D eigenvalue weighted by Gasteiger charge is 2.27. The van der Waals surface area contributed by atoms with Gasteiger partial charge in [-0.2, -0.15) is 15.0 Å². The summed E-state index contributed by atoms with van der Waals surface area (Å²) in [6.07, 6.45) is 3.56. The van der Waals surface area contributed by atoms with Crippen LogP contribution in [-0.2, 0) is 6.54 Å². The lowest BCUT2D eigenvalue weighted by Gasteiger charge is -2.38. The highest BCUT2D eigenvalue weighted by Crippen LogP contribution is 2.25. The van der Waals surface area contributed by atoms with E-state index >= 15 is 0 Å². The van der Waals surface area contributed by atoms with Gasteiger partial charge >= 0.3 is 0 Å². The minimum Gasteiger partial charge on any atom is -0.368 e. The Hall–Kier alpha value is -1.47. The Morgan fingerprint density at radius 3 is 2.47 bits per heavy atom. The van der Waals surface area contributed by atoms with E-state index in [-0.39, 0.29) is 11.9 Å². The summed E-state index contributed by atoms with van der Waals surface area (Å²) >= 11 is 0. The van der Waals surface area contributed by atoms with Crippen LogP contribution in [0.3, 0.4) is 0 Å². The predicted octanol–water partition coefficient (Wildman–Crippen LogP) is -0.0147. The van der Waals surface area contributed by atoms with E-state index in [1.165, 1.54) is 12.8 Å². The van der Waals surface area contributed by atoms with Crippen LogP contribution in [0.25, 0.3) is 0 Å². The smallest absolute Gasteiger partial charge is 0.225 e. The highest BCUT2D eigenvalue weighted by molar-refractivity contribution is 5.25. The number of piperidine rings is 1. The van der Waals surface area contributed by atoms with Gasteiger partial charge in [0.2, 0.25) is 11.9 Å². The second-order valence-corrected chi connectivity index (χ2v) is 5.13. The molecule has 2 heterocycles. The van der Waals surface area contributed by atoms with E-state index in [9.17, 15) is 0 Å². The summed E-state index contributed by atoms with van der Waals surface area (Å²) in [7, 11) is 0. The van der Waals surface area contributed by atoms with Gasteiger partial charge in [-0.05, 0) is 25.3 Å². The number of nitrogens with two attached hydrogens (primary N) is 3. The van der Waals surface area contributed by atoms with Gasteiger partial charge in [-0.3, -0.25) is 4.90 Å². The van der Waals surface area contributed by atoms with E-state index in [0.717, 1.165) is 18.9 Å². The van der Waals surface area contributed by atoms with E-state index in [2.05, 4.69) is 26.8 Å². The molecular formula is C12H23N7. The van der Waals surface area contributed by atoms with Gasteiger partial charge < -0.3 is 17.2 Å². The first-order valence-corrected chi connectivity index (χ1v) is 6.82. The van der Waals surface area contributed by atoms with Gasteiger partial charge in [0.15, 0.2) is 0 Å². The minimum atomic E-state index is 0.176. The summed E-state index contributed by atoms with van der Waals surface area (Å²) in [4.78, 5) is 14.4. The Bertz CT molecular complexity index is 402. The lowest BCUT2D eigenvalue weighted by Crippen LogP contribution is -2.46. The fourth-order valence-corrected chi connectivity index (χ4v) is 2.72. The van der Waals surface area contributed by atoms with E-state index < -0.39 is 0 Å². The molecule has 2 rings (SSSR count). The monoisotopic (exact) mass is 265 g/mol. The number of rotatable bonds is 4. The summed E-state index contributed by atoms with van der Waals surface area (Å²) < 4.78 is 0. The quantitative estimate of drug-likeness (QED) is 0.700. The largest absolute Gasteiger partial charge is 0.368 e. The second kappa shape index (κ2) is 6.12. The first-order chi connectivity index (χ1) is 9.12. The molecule has 106 valence electrons. The van der Waals surface area contributed by atoms with Crippen LogP contribution in [-0.4, -0.2) is 39.0 Å². The molecule has 1 aliphatic heterocycles. The summed E-state index contributed by atoms with van der Waals surface area (Å²) in [5, 5.41) is 0. The normalized spacial score (nSPS) is 24.5. The van der Waals surface area contributed by atoms with Crippen LogP contribution in [0.15, 0.2) is 0 Å². The van der Waals surface area contributed by atoms with Crippen LogP contribution in [0.5, 0.6) is 0 Å². The van der Waals surface area contributed by atoms with E-state index in [1.807, 2.05) is 0 Å². The first kappa shape index (κ1) is 14.0. The van der Waals surface area contributed by atoms with Gasteiger partial charge in [0.05, 0.1) is 6.54 Å². The molecule has 0 aliphatic carbocycles. The molecule has 2 unspecified atom stereocenters. The third kappa shape index (κ3) is 3.51. The minimum absolute atomic E-state index is 0.176. The van der Waals surface area contributed by atoms with Crippen molar-refractivity contribution < 1.29 is 0 Å². The number of likely N-dealkylation sites (tertiary alicyclic amines) is 1. The van der Waals surface area contributed by atoms with Gasteiger partial charge in [-0.1, -0.05) is 13.3 Å². The molecule has 1 saturated heterocycles. The molecule has 0 aromatic carbocycles. The van der Waals surface area contributed by atoms with Crippen molar-refractivity contribution in [3.8, 4) is 0 Å². The van der Waals surface area contributed by atoms with Crippen molar-refractivity contribution in [1.29, 1.82) is 0 Å². The number of aromatic nitrogens is 3. The third-order valence-electron chi connectivity index (χ3n) is 3.86. The SMILES string of the molecule is CCC1CCN(Cc2nc(N)nc(N)n2)C(CN)C1. The van der Waals surface area contributed by atoms with Crippen LogP contribution in [0, 0.1) is 5.92 Å². The zero-order valence-corrected chi connectivity index (χ0v) is 11.4. The number of hydrogen-bond acceptors (Lipinski definition) is 7. The van der Waals surface area contributed by atoms with Gasteiger partial charge in [-0.15, -0.1) is 0 Å². The summed E-state index contributed by atoms with van der Waals surface area (Å²) in [6, 6.07) is 0.387. The van der Waals surface area contributed by atoms with Crippen LogP contribution in [0.4, 0.5) is 11.9 Å². The predicted molar refractivity (Wildman–Crippen MR) is 74.9 cm³/mol. The molecule has 7 heteroatoms. The van der Waals surface area contributed by atoms with Crippen LogP contribution < -0.4 is 17.2 Å². The van der Waals surface area contributed by atoms with Crippen LogP contribution >= 0.6 is 0 Å². The highest BCUT2D eigenvalue weighted by atomic mass is 15.2. The van der Waals surface area contributed by atoms with Crippen molar-refractivity contribution in [2.75, 3.05) is 24.6 Å². The van der Waals surface area contributed by atoms with Crippen molar-refractivity contribution in [3.05, 3.63) is 5.82 Å². The molecule has 1 aromatic heterocycles. The fraction of sp³-hybridized carbons (Fsp3) is 0.750. The van der Waals surface area contributed by atoms with Crippen molar-refractivity contribution in [1.82, 2.24) is 19.9 Å². The molecule has 0 bridgehead atoms. The van der Waals surface area contributed by atoms with Gasteiger partial charge in [0.25, 0.3) is 0 Å². The van der Waals surface area contributed by atoms with E-state index in [4.69, 9.17) is 17.2 Å². The summed E-state index contributed by atoms with van der Waals surface area (Å²) in [5.41, 5.74) is 17.1. The molecule has 0 saturated carbocycles. The topological polar surface area (TPSA) is 120 Å². The Labute approximate surface area is 113 Å². The number of anilines is 2. The second-order valence-electron chi connectivity index (χ2n) is 5.13. The molecule has 19 heavy (non-hydrogen) atoms. The number of hydrogen-bond donors (Lipinski definition) is 3. The van der Waals surface area contributed by atoms with Crippen LogP contribution in [0.1, 0.15) is 32.0 Å². The first-order valence-electron chi connectivity index (χ1n) is 6.82. The maximum absolute atomic E-state index is 5.88. The zero-order chi connectivity index (χ0) is 13.8. The van der Waals surface area contributed by atoms with Crippen molar-refractivity contribution >= 4 is 11.9 Å². The third-order valence-corrected chi connectivity index (χ3v) is 3.86. The summed E-state index contributed by atoms with van der Waals surface area (Å²) in [6.45, 7) is 4.55. The van der Waals surface area contributed by atoms with Gasteiger partial charge in [0, 0.05) is 12.6 Å². The standard InChI is InChI=1S/C12H23N7/c1-2-8-3-4-19(9(5-8)6-13)7-10-16-11(14)18-12(15)17-10/h8-9H,2-7,13H2,1H3,(H4,14,15,16,17,18). The molecule has 6 N–H and O–H groups in total. The number of nitrogens with zero attached hydrogens (tertiary/aromatic N) is 4. The Balaban J connectivity index is 2.05. The molecule has 0 radical (unpaired) electrons. The van der Waals surface area contributed by atoms with Crippen molar-refractivity contribution in [2.45, 2.75) is 38.8 Å². The van der Waals surface area contributed by atoms with E-state index in [0.29, 0.717) is 25.0 Å². The molecule has 1 fully saturated rings. The average Bonchev–Trinajstić information content (AvgIpc) is 2.38. The Morgan fingerprint density at radius 1 is 1.21 bits per heavy atom. The van der Waals surface area contributed by atoms with Crippen LogP contribution in [0.2, 0.25) is 0 Å². The van der Waals surface area contributed by atoms with Crippen molar-refractivity contribution in [3.63, 3.8) is 0 Å². The lowest BCUT2D eigenvalue weighted by atomic mass is 9.89. The average molecular weight is 265 g/mol. The van der Waals surface area contributed by atoms with Gasteiger partial charge in [-0.25, -0.2) is 0 Å². The Kier molecular flexibility index (Phi) is 4.49. The summed E-state index contributed by atoms with van der Waals surface area (Å²) in [5.74, 6) is 1.75. The number of nitrogen functional groups attached to an aromatic ring is 2. The maximum atomic E-state index is 5.88. The maximum Gasteiger partial charge on any atom is 0.225 e. The molecule has 0 spiro atoms. The lowest BCUT2D eigenvalue weighted by molar-refractivity contribution is 0.105. The molecule has 2 atom stereocenters. The molecule has 7 nitrogen and oxygen atoms in total. The Morgan fingerprint density at radius 2 is 1.89 bits per heavy atom. The molecule has 1 aromatic rings. The molecule has 0 amide bonds. The molecule has 1 aliphatic rings. The molecular weight excluding hydrogens is 242 g/mol.